The zero-order chi connectivity index (χ0) is 16.4. The first-order valence-electron chi connectivity index (χ1n) is 6.90. The van der Waals surface area contributed by atoms with Gasteiger partial charge in [0, 0.05) is 15.0 Å². The topological polar surface area (TPSA) is 93.5 Å². The second-order valence-electron chi connectivity index (χ2n) is 4.96. The summed E-state index contributed by atoms with van der Waals surface area (Å²) in [6, 6.07) is 6.77. The maximum Gasteiger partial charge on any atom is 0.324 e. The van der Waals surface area contributed by atoms with Crippen molar-refractivity contribution in [2.75, 3.05) is 17.2 Å². The Bertz CT molecular complexity index is 758. The van der Waals surface area contributed by atoms with E-state index in [0.29, 0.717) is 35.9 Å². The molecule has 0 radical (unpaired) electrons. The molecule has 1 aromatic heterocycles. The van der Waals surface area contributed by atoms with Gasteiger partial charge in [-0.3, -0.25) is 10.1 Å². The molecule has 23 heavy (non-hydrogen) atoms. The molecule has 0 aliphatic carbocycles. The highest BCUT2D eigenvalue weighted by atomic mass is 79.9. The molecule has 0 spiro atoms. The number of carbonyl (C=O) groups excluding carboxylic acids is 2. The molecule has 1 aliphatic rings. The molecule has 8 heteroatoms. The minimum atomic E-state index is -0.539. The van der Waals surface area contributed by atoms with Crippen LogP contribution < -0.4 is 16.4 Å². The summed E-state index contributed by atoms with van der Waals surface area (Å²) in [5.41, 5.74) is 7.40. The van der Waals surface area contributed by atoms with E-state index in [1.165, 1.54) is 11.3 Å². The van der Waals surface area contributed by atoms with E-state index in [1.807, 2.05) is 12.1 Å². The van der Waals surface area contributed by atoms with Gasteiger partial charge in [-0.1, -0.05) is 15.9 Å². The molecule has 6 nitrogen and oxygen atoms in total. The molecule has 0 atom stereocenters. The van der Waals surface area contributed by atoms with E-state index >= 15 is 0 Å². The summed E-state index contributed by atoms with van der Waals surface area (Å²) in [4.78, 5) is 24.8. The van der Waals surface area contributed by atoms with E-state index in [4.69, 9.17) is 10.5 Å². The van der Waals surface area contributed by atoms with Crippen LogP contribution in [0.3, 0.4) is 0 Å². The molecule has 2 aromatic rings. The highest BCUT2D eigenvalue weighted by Crippen LogP contribution is 2.36. The Labute approximate surface area is 145 Å². The fourth-order valence-electron chi connectivity index (χ4n) is 2.38. The number of halogens is 1. The highest BCUT2D eigenvalue weighted by molar-refractivity contribution is 9.10. The van der Waals surface area contributed by atoms with Gasteiger partial charge in [-0.05, 0) is 36.2 Å². The number of amides is 3. The second-order valence-corrected chi connectivity index (χ2v) is 6.98. The lowest BCUT2D eigenvalue weighted by Gasteiger charge is -2.12. The van der Waals surface area contributed by atoms with Crippen LogP contribution in [0.4, 0.5) is 15.5 Å². The lowest BCUT2D eigenvalue weighted by molar-refractivity contribution is 0.0991. The molecule has 4 N–H and O–H groups in total. The van der Waals surface area contributed by atoms with E-state index in [9.17, 15) is 9.59 Å². The quantitative estimate of drug-likeness (QED) is 0.743. The number of nitrogens with one attached hydrogen (secondary N) is 2. The number of hydrogen-bond acceptors (Lipinski definition) is 4. The summed E-state index contributed by atoms with van der Waals surface area (Å²) in [7, 11) is 0. The average Bonchev–Trinajstić information content (AvgIpc) is 2.87. The molecule has 0 unspecified atom stereocenters. The summed E-state index contributed by atoms with van der Waals surface area (Å²) in [6.07, 6.45) is 0.625. The van der Waals surface area contributed by atoms with Crippen LogP contribution in [-0.2, 0) is 17.8 Å². The van der Waals surface area contributed by atoms with Crippen LogP contribution in [0.2, 0.25) is 0 Å². The SMILES string of the molecule is NC(=O)c1c(NC(=O)Nc2ccc(Br)cc2)sc2c1CCOC2. The van der Waals surface area contributed by atoms with Crippen LogP contribution in [0, 0.1) is 0 Å². The summed E-state index contributed by atoms with van der Waals surface area (Å²) in [6.45, 7) is 0.991. The number of ether oxygens (including phenoxy) is 1. The highest BCUT2D eigenvalue weighted by Gasteiger charge is 2.25. The van der Waals surface area contributed by atoms with Gasteiger partial charge < -0.3 is 15.8 Å². The van der Waals surface area contributed by atoms with Crippen LogP contribution in [0.15, 0.2) is 28.7 Å². The van der Waals surface area contributed by atoms with Gasteiger partial charge in [-0.2, -0.15) is 0 Å². The van der Waals surface area contributed by atoms with Crippen LogP contribution >= 0.6 is 27.3 Å². The summed E-state index contributed by atoms with van der Waals surface area (Å²) in [5, 5.41) is 5.89. The zero-order valence-corrected chi connectivity index (χ0v) is 14.4. The molecule has 1 aliphatic heterocycles. The molecule has 0 saturated carbocycles. The Morgan fingerprint density at radius 3 is 2.65 bits per heavy atom. The van der Waals surface area contributed by atoms with Crippen molar-refractivity contribution in [2.45, 2.75) is 13.0 Å². The number of nitrogens with two attached hydrogens (primary N) is 1. The number of anilines is 2. The average molecular weight is 396 g/mol. The minimum Gasteiger partial charge on any atom is -0.376 e. The van der Waals surface area contributed by atoms with Crippen LogP contribution in [0.1, 0.15) is 20.8 Å². The third-order valence-corrected chi connectivity index (χ3v) is 5.05. The normalized spacial score (nSPS) is 13.3. The molecule has 120 valence electrons. The van der Waals surface area contributed by atoms with Gasteiger partial charge in [-0.15, -0.1) is 11.3 Å². The number of rotatable bonds is 3. The first kappa shape index (κ1) is 16.0. The van der Waals surface area contributed by atoms with Gasteiger partial charge in [-0.25, -0.2) is 4.79 Å². The first-order chi connectivity index (χ1) is 11.0. The summed E-state index contributed by atoms with van der Waals surface area (Å²) in [5.74, 6) is -0.539. The Hall–Kier alpha value is -1.90. The van der Waals surface area contributed by atoms with Gasteiger partial charge in [0.1, 0.15) is 5.00 Å². The van der Waals surface area contributed by atoms with E-state index < -0.39 is 11.9 Å². The van der Waals surface area contributed by atoms with Crippen molar-refractivity contribution in [2.24, 2.45) is 5.73 Å². The molecular formula is C15H14BrN3O3S. The number of benzene rings is 1. The van der Waals surface area contributed by atoms with Crippen molar-refractivity contribution in [1.29, 1.82) is 0 Å². The molecule has 1 aromatic carbocycles. The fourth-order valence-corrected chi connectivity index (χ4v) is 3.83. The monoisotopic (exact) mass is 395 g/mol. The number of carbonyl (C=O) groups is 2. The van der Waals surface area contributed by atoms with Crippen molar-refractivity contribution >= 4 is 49.9 Å². The Kier molecular flexibility index (Phi) is 4.65. The van der Waals surface area contributed by atoms with Gasteiger partial charge >= 0.3 is 6.03 Å². The minimum absolute atomic E-state index is 0.388. The number of urea groups is 1. The maximum absolute atomic E-state index is 12.1. The zero-order valence-electron chi connectivity index (χ0n) is 12.0. The lowest BCUT2D eigenvalue weighted by Crippen LogP contribution is -2.22. The molecule has 2 heterocycles. The van der Waals surface area contributed by atoms with Gasteiger partial charge in [0.25, 0.3) is 5.91 Å². The second kappa shape index (κ2) is 6.69. The standard InChI is InChI=1S/C15H14BrN3O3S/c16-8-1-3-9(4-2-8)18-15(21)19-14-12(13(17)20)10-5-6-22-7-11(10)23-14/h1-4H,5-7H2,(H2,17,20)(H2,18,19,21). The first-order valence-corrected chi connectivity index (χ1v) is 8.51. The molecule has 3 amide bonds. The van der Waals surface area contributed by atoms with E-state index in [0.717, 1.165) is 14.9 Å². The third kappa shape index (κ3) is 3.54. The molecule has 3 rings (SSSR count). The molecule has 0 saturated heterocycles. The van der Waals surface area contributed by atoms with Crippen molar-refractivity contribution in [3.8, 4) is 0 Å². The van der Waals surface area contributed by atoms with Crippen molar-refractivity contribution in [3.63, 3.8) is 0 Å². The van der Waals surface area contributed by atoms with Crippen molar-refractivity contribution < 1.29 is 14.3 Å². The Morgan fingerprint density at radius 1 is 1.22 bits per heavy atom. The van der Waals surface area contributed by atoms with Gasteiger partial charge in [0.2, 0.25) is 0 Å². The number of fused-ring (bicyclic) bond motifs is 1. The van der Waals surface area contributed by atoms with Crippen molar-refractivity contribution in [1.82, 2.24) is 0 Å². The molecule has 0 bridgehead atoms. The largest absolute Gasteiger partial charge is 0.376 e. The number of hydrogen-bond donors (Lipinski definition) is 3. The number of primary amides is 1. The Balaban J connectivity index is 1.79. The van der Waals surface area contributed by atoms with Crippen LogP contribution in [0.5, 0.6) is 0 Å². The summed E-state index contributed by atoms with van der Waals surface area (Å²) >= 11 is 4.66. The van der Waals surface area contributed by atoms with E-state index in [1.54, 1.807) is 12.1 Å². The van der Waals surface area contributed by atoms with Gasteiger partial charge in [0.05, 0.1) is 18.8 Å². The predicted molar refractivity (Wildman–Crippen MR) is 93.0 cm³/mol. The van der Waals surface area contributed by atoms with E-state index in [2.05, 4.69) is 26.6 Å². The van der Waals surface area contributed by atoms with Crippen LogP contribution in [0.25, 0.3) is 0 Å². The number of thiophene rings is 1. The van der Waals surface area contributed by atoms with Gasteiger partial charge in [0.15, 0.2) is 0 Å². The third-order valence-electron chi connectivity index (χ3n) is 3.40. The molecule has 0 fully saturated rings. The molecular weight excluding hydrogens is 382 g/mol. The maximum atomic E-state index is 12.1. The Morgan fingerprint density at radius 2 is 1.96 bits per heavy atom. The lowest BCUT2D eigenvalue weighted by atomic mass is 10.1. The van der Waals surface area contributed by atoms with Crippen molar-refractivity contribution in [3.05, 3.63) is 44.7 Å². The van der Waals surface area contributed by atoms with Crippen LogP contribution in [-0.4, -0.2) is 18.5 Å². The summed E-state index contributed by atoms with van der Waals surface area (Å²) < 4.78 is 6.30. The predicted octanol–water partition coefficient (Wildman–Crippen LogP) is 3.33. The van der Waals surface area contributed by atoms with E-state index in [-0.39, 0.29) is 0 Å². The smallest absolute Gasteiger partial charge is 0.324 e. The fraction of sp³-hybridized carbons (Fsp3) is 0.200.